The van der Waals surface area contributed by atoms with Gasteiger partial charge in [-0.25, -0.2) is 0 Å². The lowest BCUT2D eigenvalue weighted by atomic mass is 9.59. The zero-order valence-corrected chi connectivity index (χ0v) is 19.7. The van der Waals surface area contributed by atoms with Gasteiger partial charge in [-0.15, -0.1) is 0 Å². The lowest BCUT2D eigenvalue weighted by Crippen LogP contribution is -2.55. The number of benzene rings is 1. The van der Waals surface area contributed by atoms with E-state index >= 15 is 0 Å². The Kier molecular flexibility index (Phi) is 6.01. The third-order valence-electron chi connectivity index (χ3n) is 6.44. The predicted octanol–water partition coefficient (Wildman–Crippen LogP) is 6.54. The molecule has 3 rings (SSSR count). The van der Waals surface area contributed by atoms with Crippen LogP contribution in [0.1, 0.15) is 51.0 Å². The Morgan fingerprint density at radius 2 is 1.82 bits per heavy atom. The quantitative estimate of drug-likeness (QED) is 0.539. The number of pyridine rings is 1. The van der Waals surface area contributed by atoms with Crippen LogP contribution in [0.25, 0.3) is 0 Å². The molecule has 2 aromatic rings. The molecule has 1 aliphatic carbocycles. The van der Waals surface area contributed by atoms with Crippen LogP contribution in [0.15, 0.2) is 42.6 Å². The largest absolute Gasteiger partial charge is 0.414 e. The van der Waals surface area contributed by atoms with E-state index in [1.54, 1.807) is 12.3 Å². The van der Waals surface area contributed by atoms with Crippen LogP contribution in [-0.2, 0) is 9.84 Å². The molecule has 3 nitrogen and oxygen atoms in total. The van der Waals surface area contributed by atoms with Crippen molar-refractivity contribution in [3.63, 3.8) is 0 Å². The van der Waals surface area contributed by atoms with Crippen LogP contribution in [0.5, 0.6) is 0 Å². The molecule has 1 fully saturated rings. The van der Waals surface area contributed by atoms with E-state index in [2.05, 4.69) is 38.8 Å². The predicted molar refractivity (Wildman–Crippen MR) is 119 cm³/mol. The minimum atomic E-state index is -1.88. The summed E-state index contributed by atoms with van der Waals surface area (Å²) in [5.41, 5.74) is 1.17. The Balaban J connectivity index is 1.91. The number of rotatable bonds is 5. The highest BCUT2D eigenvalue weighted by molar-refractivity contribution is 6.74. The number of hydrogen-bond acceptors (Lipinski definition) is 3. The van der Waals surface area contributed by atoms with E-state index in [-0.39, 0.29) is 11.1 Å². The molecule has 0 spiro atoms. The summed E-state index contributed by atoms with van der Waals surface area (Å²) in [4.78, 5) is 4.39. The fourth-order valence-electron chi connectivity index (χ4n) is 3.67. The molecule has 0 radical (unpaired) electrons. The summed E-state index contributed by atoms with van der Waals surface area (Å²) in [5.74, 6) is 0. The van der Waals surface area contributed by atoms with Gasteiger partial charge in [-0.2, -0.15) is 0 Å². The van der Waals surface area contributed by atoms with Gasteiger partial charge in [-0.05, 0) is 60.8 Å². The zero-order valence-electron chi connectivity index (χ0n) is 17.2. The van der Waals surface area contributed by atoms with E-state index in [9.17, 15) is 5.11 Å². The number of nitrogens with zero attached hydrogens (tertiary/aromatic N) is 1. The number of halogens is 2. The van der Waals surface area contributed by atoms with Gasteiger partial charge in [0.1, 0.15) is 6.10 Å². The zero-order chi connectivity index (χ0) is 20.7. The third-order valence-corrected chi connectivity index (χ3v) is 11.7. The number of hydrogen-bond donors (Lipinski definition) is 1. The maximum Gasteiger partial charge on any atom is 0.192 e. The molecule has 28 heavy (non-hydrogen) atoms. The summed E-state index contributed by atoms with van der Waals surface area (Å²) in [6, 6.07) is 11.3. The molecule has 1 aromatic carbocycles. The molecular formula is C22H29Cl2NO2Si. The highest BCUT2D eigenvalue weighted by atomic mass is 35.5. The van der Waals surface area contributed by atoms with Gasteiger partial charge in [0.15, 0.2) is 8.32 Å². The maximum atomic E-state index is 11.3. The van der Waals surface area contributed by atoms with Crippen molar-refractivity contribution in [2.24, 2.45) is 0 Å². The standard InChI is InChI=1S/C22H29Cl2NO2Si/c1-21(2,3)28(4,5)27-16-13-22(14-16,15-9-10-17(23)18(24)12-15)20(26)19-8-6-7-11-25-19/h6-12,16,20,26H,13-14H2,1-5H3. The molecule has 1 saturated carbocycles. The molecular weight excluding hydrogens is 409 g/mol. The van der Waals surface area contributed by atoms with Gasteiger partial charge in [0.05, 0.1) is 15.7 Å². The van der Waals surface area contributed by atoms with E-state index in [0.29, 0.717) is 15.7 Å². The highest BCUT2D eigenvalue weighted by Gasteiger charge is 2.54. The van der Waals surface area contributed by atoms with Gasteiger partial charge in [-0.3, -0.25) is 4.98 Å². The highest BCUT2D eigenvalue weighted by Crippen LogP contribution is 2.55. The van der Waals surface area contributed by atoms with Crippen LogP contribution in [0.2, 0.25) is 28.2 Å². The molecule has 6 heteroatoms. The fraction of sp³-hybridized carbons (Fsp3) is 0.500. The molecule has 0 saturated heterocycles. The molecule has 1 unspecified atom stereocenters. The van der Waals surface area contributed by atoms with Crippen molar-refractivity contribution in [1.82, 2.24) is 4.98 Å². The van der Waals surface area contributed by atoms with Crippen molar-refractivity contribution in [2.45, 2.75) is 69.4 Å². The van der Waals surface area contributed by atoms with Gasteiger partial charge in [-0.1, -0.05) is 56.1 Å². The SMILES string of the molecule is CC(C)(C)[Si](C)(C)OC1CC(c2ccc(Cl)c(Cl)c2)(C(O)c2ccccn2)C1. The van der Waals surface area contributed by atoms with E-state index in [1.165, 1.54) is 0 Å². The molecule has 1 heterocycles. The monoisotopic (exact) mass is 437 g/mol. The summed E-state index contributed by atoms with van der Waals surface area (Å²) < 4.78 is 6.60. The minimum absolute atomic E-state index is 0.119. The van der Waals surface area contributed by atoms with Crippen molar-refractivity contribution < 1.29 is 9.53 Å². The van der Waals surface area contributed by atoms with Crippen molar-refractivity contribution in [1.29, 1.82) is 0 Å². The van der Waals surface area contributed by atoms with Crippen LogP contribution < -0.4 is 0 Å². The number of aliphatic hydroxyl groups is 1. The van der Waals surface area contributed by atoms with Crippen LogP contribution in [-0.4, -0.2) is 24.5 Å². The second kappa shape index (κ2) is 7.73. The first-order valence-corrected chi connectivity index (χ1v) is 13.3. The molecule has 0 bridgehead atoms. The molecule has 152 valence electrons. The van der Waals surface area contributed by atoms with Gasteiger partial charge < -0.3 is 9.53 Å². The summed E-state index contributed by atoms with van der Waals surface area (Å²) in [6.07, 6.45) is 2.56. The average Bonchev–Trinajstić information content (AvgIpc) is 2.59. The van der Waals surface area contributed by atoms with Crippen molar-refractivity contribution >= 4 is 31.5 Å². The van der Waals surface area contributed by atoms with Gasteiger partial charge in [0.25, 0.3) is 0 Å². The maximum absolute atomic E-state index is 11.3. The molecule has 0 aliphatic heterocycles. The lowest BCUT2D eigenvalue weighted by Gasteiger charge is -2.53. The second-order valence-electron chi connectivity index (χ2n) is 9.35. The average molecular weight is 438 g/mol. The summed E-state index contributed by atoms with van der Waals surface area (Å²) >= 11 is 12.4. The number of aromatic nitrogens is 1. The second-order valence-corrected chi connectivity index (χ2v) is 14.9. The Labute approximate surface area is 179 Å². The molecule has 0 amide bonds. The normalized spacial score (nSPS) is 23.9. The van der Waals surface area contributed by atoms with Gasteiger partial charge in [0, 0.05) is 17.7 Å². The summed E-state index contributed by atoms with van der Waals surface area (Å²) in [7, 11) is -1.88. The van der Waals surface area contributed by atoms with Crippen molar-refractivity contribution in [2.75, 3.05) is 0 Å². The van der Waals surface area contributed by atoms with Crippen molar-refractivity contribution in [3.05, 3.63) is 63.9 Å². The van der Waals surface area contributed by atoms with Crippen LogP contribution >= 0.6 is 23.2 Å². The Morgan fingerprint density at radius 1 is 1.14 bits per heavy atom. The van der Waals surface area contributed by atoms with E-state index in [4.69, 9.17) is 27.6 Å². The topological polar surface area (TPSA) is 42.4 Å². The first kappa shape index (κ1) is 21.8. The van der Waals surface area contributed by atoms with Gasteiger partial charge >= 0.3 is 0 Å². The number of aliphatic hydroxyl groups excluding tert-OH is 1. The third kappa shape index (κ3) is 4.03. The Hall–Kier alpha value is -0.913. The van der Waals surface area contributed by atoms with Crippen molar-refractivity contribution in [3.8, 4) is 0 Å². The smallest absolute Gasteiger partial charge is 0.192 e. The van der Waals surface area contributed by atoms with Crippen LogP contribution in [0.3, 0.4) is 0 Å². The molecule has 1 aliphatic rings. The first-order valence-electron chi connectivity index (χ1n) is 9.69. The molecule has 1 aromatic heterocycles. The minimum Gasteiger partial charge on any atom is -0.414 e. The lowest BCUT2D eigenvalue weighted by molar-refractivity contribution is -0.0529. The van der Waals surface area contributed by atoms with E-state index < -0.39 is 19.8 Å². The van der Waals surface area contributed by atoms with E-state index in [0.717, 1.165) is 18.4 Å². The van der Waals surface area contributed by atoms with E-state index in [1.807, 2.05) is 30.3 Å². The van der Waals surface area contributed by atoms with Crippen LogP contribution in [0.4, 0.5) is 0 Å². The first-order chi connectivity index (χ1) is 13.0. The Bertz CT molecular complexity index is 830. The summed E-state index contributed by atoms with van der Waals surface area (Å²) in [6.45, 7) is 11.3. The van der Waals surface area contributed by atoms with Gasteiger partial charge in [0.2, 0.25) is 0 Å². The molecule has 1 atom stereocenters. The fourth-order valence-corrected chi connectivity index (χ4v) is 5.32. The Morgan fingerprint density at radius 3 is 2.36 bits per heavy atom. The summed E-state index contributed by atoms with van der Waals surface area (Å²) in [5, 5.41) is 12.5. The van der Waals surface area contributed by atoms with Crippen LogP contribution in [0, 0.1) is 0 Å². The molecule has 1 N–H and O–H groups in total.